The number of nitrogens with two attached hydrogens (primary N) is 1. The molecule has 0 saturated carbocycles. The number of hydrogen-bond acceptors (Lipinski definition) is 9. The minimum absolute atomic E-state index is 0.0189. The Bertz CT molecular complexity index is 1380. The third-order valence-electron chi connectivity index (χ3n) is 9.46. The second kappa shape index (κ2) is 9.67. The minimum Gasteiger partial charge on any atom is -0.510 e. The number of aliphatic hydroxyl groups is 3. The van der Waals surface area contributed by atoms with E-state index >= 15 is 4.39 Å². The Morgan fingerprint density at radius 3 is 2.38 bits per heavy atom. The third-order valence-corrected chi connectivity index (χ3v) is 9.46. The molecule has 0 bridgehead atoms. The summed E-state index contributed by atoms with van der Waals surface area (Å²) in [5, 5.41) is 44.8. The number of likely N-dealkylation sites (tertiary alicyclic amines) is 1. The number of Topliss-reactive ketones (excluding diaryl/α,β-unsaturated/α-hetero) is 2. The van der Waals surface area contributed by atoms with Crippen LogP contribution in [0, 0.1) is 17.7 Å². The molecule has 6 atom stereocenters. The molecule has 1 saturated heterocycles. The highest BCUT2D eigenvalue weighted by Crippen LogP contribution is 2.52. The summed E-state index contributed by atoms with van der Waals surface area (Å²) in [5.74, 6) is -8.13. The average molecular weight is 558 g/mol. The average Bonchev–Trinajstić information content (AvgIpc) is 2.86. The topological polar surface area (TPSA) is 165 Å². The molecule has 1 fully saturated rings. The number of ketones is 2. The molecular weight excluding hydrogens is 521 g/mol. The highest BCUT2D eigenvalue weighted by Gasteiger charge is 2.63. The SMILES string of the molecule is C[C@H]1CCC[C@H](C)N1Cc1cc(O)c2c(c1F)C[C@H]1C[C@H]3[C@H](N(C)C)C(O)=C(C(N)=O)C(=O)[C@@]3(O)C(O)=C1C2=O. The van der Waals surface area contributed by atoms with Crippen LogP contribution in [0.15, 0.2) is 28.7 Å². The van der Waals surface area contributed by atoms with Crippen molar-refractivity contribution in [2.24, 2.45) is 17.6 Å². The molecule has 40 heavy (non-hydrogen) atoms. The van der Waals surface area contributed by atoms with Crippen LogP contribution in [-0.4, -0.2) is 85.5 Å². The molecule has 216 valence electrons. The number of hydrogen-bond donors (Lipinski definition) is 5. The quantitative estimate of drug-likeness (QED) is 0.348. The number of carbonyl (C=O) groups is 3. The highest BCUT2D eigenvalue weighted by atomic mass is 19.1. The number of aromatic hydroxyl groups is 1. The summed E-state index contributed by atoms with van der Waals surface area (Å²) >= 11 is 0. The van der Waals surface area contributed by atoms with Gasteiger partial charge in [-0.25, -0.2) is 4.39 Å². The van der Waals surface area contributed by atoms with E-state index in [0.29, 0.717) is 0 Å². The van der Waals surface area contributed by atoms with Gasteiger partial charge in [-0.2, -0.15) is 0 Å². The molecule has 1 aromatic carbocycles. The van der Waals surface area contributed by atoms with Crippen molar-refractivity contribution in [3.8, 4) is 5.75 Å². The molecule has 10 nitrogen and oxygen atoms in total. The summed E-state index contributed by atoms with van der Waals surface area (Å²) in [6, 6.07) is 0.585. The van der Waals surface area contributed by atoms with Gasteiger partial charge in [0.2, 0.25) is 5.78 Å². The molecule has 1 aromatic rings. The van der Waals surface area contributed by atoms with Gasteiger partial charge in [-0.05, 0) is 65.6 Å². The number of primary amides is 1. The van der Waals surface area contributed by atoms with Gasteiger partial charge in [0.25, 0.3) is 5.91 Å². The molecule has 5 rings (SSSR count). The Morgan fingerprint density at radius 2 is 1.80 bits per heavy atom. The van der Waals surface area contributed by atoms with Crippen molar-refractivity contribution < 1.29 is 39.2 Å². The zero-order valence-electron chi connectivity index (χ0n) is 23.1. The van der Waals surface area contributed by atoms with Gasteiger partial charge in [-0.3, -0.25) is 24.2 Å². The van der Waals surface area contributed by atoms with Gasteiger partial charge in [-0.1, -0.05) is 6.42 Å². The van der Waals surface area contributed by atoms with Gasteiger partial charge < -0.3 is 26.2 Å². The van der Waals surface area contributed by atoms with Crippen LogP contribution in [0.25, 0.3) is 0 Å². The van der Waals surface area contributed by atoms with Crippen molar-refractivity contribution >= 4 is 17.5 Å². The normalized spacial score (nSPS) is 32.7. The number of fused-ring (bicyclic) bond motifs is 3. The molecule has 0 aromatic heterocycles. The summed E-state index contributed by atoms with van der Waals surface area (Å²) in [4.78, 5) is 42.8. The Balaban J connectivity index is 1.62. The first-order valence-electron chi connectivity index (χ1n) is 13.6. The lowest BCUT2D eigenvalue weighted by Crippen LogP contribution is -2.63. The van der Waals surface area contributed by atoms with Crippen molar-refractivity contribution in [1.29, 1.82) is 0 Å². The number of benzene rings is 1. The van der Waals surface area contributed by atoms with E-state index in [9.17, 15) is 34.8 Å². The van der Waals surface area contributed by atoms with E-state index in [4.69, 9.17) is 5.73 Å². The Labute approximate surface area is 231 Å². The van der Waals surface area contributed by atoms with Crippen LogP contribution < -0.4 is 5.73 Å². The van der Waals surface area contributed by atoms with E-state index in [1.807, 2.05) is 0 Å². The van der Waals surface area contributed by atoms with Crippen molar-refractivity contribution in [3.63, 3.8) is 0 Å². The van der Waals surface area contributed by atoms with Gasteiger partial charge in [0, 0.05) is 41.2 Å². The van der Waals surface area contributed by atoms with E-state index in [2.05, 4.69) is 18.7 Å². The number of phenols is 1. The van der Waals surface area contributed by atoms with E-state index in [1.54, 1.807) is 14.1 Å². The number of rotatable bonds is 4. The zero-order valence-corrected chi connectivity index (χ0v) is 23.1. The summed E-state index contributed by atoms with van der Waals surface area (Å²) in [7, 11) is 3.11. The lowest BCUT2D eigenvalue weighted by molar-refractivity contribution is -0.148. The fourth-order valence-electron chi connectivity index (χ4n) is 7.45. The molecule has 0 spiro atoms. The Hall–Kier alpha value is -3.28. The molecule has 1 heterocycles. The predicted molar refractivity (Wildman–Crippen MR) is 142 cm³/mol. The lowest BCUT2D eigenvalue weighted by atomic mass is 9.58. The minimum atomic E-state index is -2.72. The Kier molecular flexibility index (Phi) is 6.83. The summed E-state index contributed by atoms with van der Waals surface area (Å²) in [5.41, 5.74) is 1.41. The van der Waals surface area contributed by atoms with Crippen LogP contribution in [-0.2, 0) is 22.6 Å². The summed E-state index contributed by atoms with van der Waals surface area (Å²) in [6.07, 6.45) is 2.88. The van der Waals surface area contributed by atoms with E-state index < -0.39 is 69.6 Å². The van der Waals surface area contributed by atoms with Gasteiger partial charge in [0.1, 0.15) is 28.7 Å². The first-order chi connectivity index (χ1) is 18.7. The molecule has 4 aliphatic rings. The number of likely N-dealkylation sites (N-methyl/N-ethyl adjacent to an activating group) is 1. The Morgan fingerprint density at radius 1 is 1.18 bits per heavy atom. The number of amides is 1. The van der Waals surface area contributed by atoms with Gasteiger partial charge in [-0.15, -0.1) is 0 Å². The number of carbonyl (C=O) groups excluding carboxylic acids is 3. The molecule has 6 N–H and O–H groups in total. The molecule has 3 aliphatic carbocycles. The fourth-order valence-corrected chi connectivity index (χ4v) is 7.45. The molecule has 1 aliphatic heterocycles. The van der Waals surface area contributed by atoms with Crippen molar-refractivity contribution in [2.75, 3.05) is 14.1 Å². The van der Waals surface area contributed by atoms with Crippen LogP contribution in [0.5, 0.6) is 5.75 Å². The second-order valence-corrected chi connectivity index (χ2v) is 12.0. The smallest absolute Gasteiger partial charge is 0.255 e. The summed E-state index contributed by atoms with van der Waals surface area (Å²) < 4.78 is 16.1. The van der Waals surface area contributed by atoms with Crippen molar-refractivity contribution in [2.45, 2.75) is 76.2 Å². The number of aliphatic hydroxyl groups excluding tert-OH is 2. The van der Waals surface area contributed by atoms with E-state index in [1.165, 1.54) is 11.0 Å². The number of phenolic OH excluding ortho intramolecular Hbond substituents is 1. The van der Waals surface area contributed by atoms with Gasteiger partial charge in [0.05, 0.1) is 11.6 Å². The number of nitrogens with zero attached hydrogens (tertiary/aromatic N) is 2. The highest BCUT2D eigenvalue weighted by molar-refractivity contribution is 6.24. The van der Waals surface area contributed by atoms with Crippen molar-refractivity contribution in [1.82, 2.24) is 9.80 Å². The molecular formula is C29H36FN3O7. The van der Waals surface area contributed by atoms with E-state index in [0.717, 1.165) is 19.3 Å². The standard InChI is InChI=1S/C29H36FN3O7/c1-12-6-5-7-13(2)33(12)11-15-10-18(34)20-16(22(15)30)8-14-9-17-23(32(3)4)25(36)21(28(31)39)27(38)29(17,40)26(37)19(14)24(20)35/h10,12-14,17,23,34,36-37,40H,5-9,11H2,1-4H3,(H2,31,39)/t12-,13-,14-,17-,23-,29-/m0/s1. The number of halogens is 1. The number of piperidine rings is 1. The first-order valence-corrected chi connectivity index (χ1v) is 13.6. The lowest BCUT2D eigenvalue weighted by Gasteiger charge is -2.50. The van der Waals surface area contributed by atoms with Crippen LogP contribution in [0.4, 0.5) is 4.39 Å². The maximum absolute atomic E-state index is 16.1. The molecule has 0 unspecified atom stereocenters. The van der Waals surface area contributed by atoms with Crippen LogP contribution >= 0.6 is 0 Å². The van der Waals surface area contributed by atoms with Crippen LogP contribution in [0.3, 0.4) is 0 Å². The molecule has 11 heteroatoms. The third kappa shape index (κ3) is 3.89. The van der Waals surface area contributed by atoms with Gasteiger partial charge >= 0.3 is 0 Å². The fraction of sp³-hybridized carbons (Fsp3) is 0.552. The second-order valence-electron chi connectivity index (χ2n) is 12.0. The van der Waals surface area contributed by atoms with Crippen molar-refractivity contribution in [3.05, 3.63) is 51.2 Å². The number of allylic oxidation sites excluding steroid dienone is 1. The van der Waals surface area contributed by atoms with E-state index in [-0.39, 0.29) is 53.7 Å². The predicted octanol–water partition coefficient (Wildman–Crippen LogP) is 2.02. The van der Waals surface area contributed by atoms with Gasteiger partial charge in [0.15, 0.2) is 11.4 Å². The molecule has 0 radical (unpaired) electrons. The monoisotopic (exact) mass is 557 g/mol. The molecule has 1 amide bonds. The maximum Gasteiger partial charge on any atom is 0.255 e. The largest absolute Gasteiger partial charge is 0.510 e. The maximum atomic E-state index is 16.1. The van der Waals surface area contributed by atoms with Crippen LogP contribution in [0.1, 0.15) is 61.0 Å². The zero-order chi connectivity index (χ0) is 29.4. The van der Waals surface area contributed by atoms with Crippen LogP contribution in [0.2, 0.25) is 0 Å². The summed E-state index contributed by atoms with van der Waals surface area (Å²) in [6.45, 7) is 4.42. The first kappa shape index (κ1) is 28.3.